The van der Waals surface area contributed by atoms with E-state index in [4.69, 9.17) is 4.98 Å². The lowest BCUT2D eigenvalue weighted by atomic mass is 10.1. The molecule has 96 valence electrons. The van der Waals surface area contributed by atoms with Crippen molar-refractivity contribution in [2.24, 2.45) is 0 Å². The van der Waals surface area contributed by atoms with Crippen molar-refractivity contribution >= 4 is 17.2 Å². The minimum Gasteiger partial charge on any atom is -0.373 e. The molecule has 2 aromatic heterocycles. The van der Waals surface area contributed by atoms with E-state index >= 15 is 0 Å². The van der Waals surface area contributed by atoms with Crippen LogP contribution < -0.4 is 5.32 Å². The van der Waals surface area contributed by atoms with Crippen LogP contribution in [0.2, 0.25) is 0 Å². The molecule has 18 heavy (non-hydrogen) atoms. The van der Waals surface area contributed by atoms with Crippen LogP contribution >= 0.6 is 11.3 Å². The van der Waals surface area contributed by atoms with Gasteiger partial charge in [-0.2, -0.15) is 0 Å². The van der Waals surface area contributed by atoms with E-state index in [0.717, 1.165) is 22.9 Å². The average molecular weight is 261 g/mol. The Labute approximate surface area is 112 Å². The molecule has 0 bridgehead atoms. The van der Waals surface area contributed by atoms with Crippen molar-refractivity contribution in [3.8, 4) is 10.6 Å². The maximum absolute atomic E-state index is 4.74. The van der Waals surface area contributed by atoms with Crippen molar-refractivity contribution < 1.29 is 0 Å². The van der Waals surface area contributed by atoms with Gasteiger partial charge < -0.3 is 5.32 Å². The summed E-state index contributed by atoms with van der Waals surface area (Å²) in [6.45, 7) is 8.44. The lowest BCUT2D eigenvalue weighted by Gasteiger charge is -2.13. The van der Waals surface area contributed by atoms with Crippen LogP contribution in [0, 0.1) is 13.8 Å². The van der Waals surface area contributed by atoms with Crippen molar-refractivity contribution in [2.45, 2.75) is 33.6 Å². The maximum Gasteiger partial charge on any atom is 0.134 e. The number of anilines is 1. The fourth-order valence-electron chi connectivity index (χ4n) is 1.87. The van der Waals surface area contributed by atoms with Crippen molar-refractivity contribution in [2.75, 3.05) is 12.4 Å². The summed E-state index contributed by atoms with van der Waals surface area (Å²) in [7, 11) is 1.91. The van der Waals surface area contributed by atoms with Crippen LogP contribution in [0.1, 0.15) is 36.7 Å². The molecule has 0 fully saturated rings. The Morgan fingerprint density at radius 1 is 1.22 bits per heavy atom. The fourth-order valence-corrected chi connectivity index (χ4v) is 2.84. The molecule has 0 saturated carbocycles. The zero-order chi connectivity index (χ0) is 13.3. The quantitative estimate of drug-likeness (QED) is 0.908. The van der Waals surface area contributed by atoms with E-state index in [0.29, 0.717) is 5.92 Å². The topological polar surface area (TPSA) is 37.8 Å². The van der Waals surface area contributed by atoms with Gasteiger partial charge in [0.1, 0.15) is 11.6 Å². The average Bonchev–Trinajstić information content (AvgIpc) is 2.75. The predicted molar refractivity (Wildman–Crippen MR) is 78.5 cm³/mol. The number of thiophene rings is 1. The molecule has 0 aromatic carbocycles. The Morgan fingerprint density at radius 2 is 1.94 bits per heavy atom. The summed E-state index contributed by atoms with van der Waals surface area (Å²) in [5, 5.41) is 5.28. The zero-order valence-corrected chi connectivity index (χ0v) is 12.4. The number of aromatic nitrogens is 2. The summed E-state index contributed by atoms with van der Waals surface area (Å²) in [4.78, 5) is 10.6. The second-order valence-electron chi connectivity index (χ2n) is 4.74. The lowest BCUT2D eigenvalue weighted by molar-refractivity contribution is 0.775. The summed E-state index contributed by atoms with van der Waals surface area (Å²) in [6, 6.07) is 2.13. The second kappa shape index (κ2) is 5.06. The molecule has 0 radical (unpaired) electrons. The molecule has 0 aliphatic heterocycles. The van der Waals surface area contributed by atoms with Gasteiger partial charge in [0.25, 0.3) is 0 Å². The van der Waals surface area contributed by atoms with E-state index in [1.807, 2.05) is 7.05 Å². The first kappa shape index (κ1) is 13.0. The Morgan fingerprint density at radius 3 is 2.44 bits per heavy atom. The molecule has 0 aliphatic carbocycles. The summed E-state index contributed by atoms with van der Waals surface area (Å²) in [5.41, 5.74) is 3.46. The molecule has 4 heteroatoms. The minimum absolute atomic E-state index is 0.330. The highest BCUT2D eigenvalue weighted by molar-refractivity contribution is 7.13. The SMILES string of the molecule is CNc1nc(C(C)C)nc(-c2sccc2C)c1C. The van der Waals surface area contributed by atoms with Gasteiger partial charge in [0.05, 0.1) is 10.6 Å². The first-order valence-electron chi connectivity index (χ1n) is 6.15. The van der Waals surface area contributed by atoms with Crippen LogP contribution in [-0.2, 0) is 0 Å². The molecule has 3 nitrogen and oxygen atoms in total. The number of hydrogen-bond acceptors (Lipinski definition) is 4. The summed E-state index contributed by atoms with van der Waals surface area (Å²) in [6.07, 6.45) is 0. The normalized spacial score (nSPS) is 11.0. The van der Waals surface area contributed by atoms with E-state index in [-0.39, 0.29) is 0 Å². The third-order valence-corrected chi connectivity index (χ3v) is 4.02. The van der Waals surface area contributed by atoms with E-state index in [2.05, 4.69) is 49.4 Å². The third-order valence-electron chi connectivity index (χ3n) is 2.99. The number of rotatable bonds is 3. The zero-order valence-electron chi connectivity index (χ0n) is 11.5. The fraction of sp³-hybridized carbons (Fsp3) is 0.429. The number of hydrogen-bond donors (Lipinski definition) is 1. The van der Waals surface area contributed by atoms with E-state index < -0.39 is 0 Å². The molecule has 0 aliphatic rings. The van der Waals surface area contributed by atoms with Gasteiger partial charge in [0.2, 0.25) is 0 Å². The predicted octanol–water partition coefficient (Wildman–Crippen LogP) is 3.99. The van der Waals surface area contributed by atoms with Gasteiger partial charge in [-0.05, 0) is 30.9 Å². The smallest absolute Gasteiger partial charge is 0.134 e. The molecule has 2 heterocycles. The Kier molecular flexibility index (Phi) is 3.66. The van der Waals surface area contributed by atoms with E-state index in [1.165, 1.54) is 10.4 Å². The van der Waals surface area contributed by atoms with Crippen molar-refractivity contribution in [3.63, 3.8) is 0 Å². The van der Waals surface area contributed by atoms with Crippen LogP contribution in [0.4, 0.5) is 5.82 Å². The van der Waals surface area contributed by atoms with Crippen molar-refractivity contribution in [1.82, 2.24) is 9.97 Å². The molecule has 2 rings (SSSR count). The van der Waals surface area contributed by atoms with Crippen LogP contribution in [0.15, 0.2) is 11.4 Å². The van der Waals surface area contributed by atoms with Gasteiger partial charge >= 0.3 is 0 Å². The molecule has 0 amide bonds. The standard InChI is InChI=1S/C14H19N3S/c1-8(2)13-16-11(10(4)14(15-5)17-13)12-9(3)6-7-18-12/h6-8H,1-5H3,(H,15,16,17). The number of nitrogens with one attached hydrogen (secondary N) is 1. The van der Waals surface area contributed by atoms with Gasteiger partial charge in [-0.1, -0.05) is 13.8 Å². The Bertz CT molecular complexity index is 558. The molecule has 0 spiro atoms. The van der Waals surface area contributed by atoms with E-state index in [9.17, 15) is 0 Å². The van der Waals surface area contributed by atoms with Crippen molar-refractivity contribution in [3.05, 3.63) is 28.4 Å². The largest absolute Gasteiger partial charge is 0.373 e. The molecule has 0 atom stereocenters. The molecular weight excluding hydrogens is 242 g/mol. The van der Waals surface area contributed by atoms with Crippen LogP contribution in [0.5, 0.6) is 0 Å². The second-order valence-corrected chi connectivity index (χ2v) is 5.66. The Hall–Kier alpha value is -1.42. The maximum atomic E-state index is 4.74. The van der Waals surface area contributed by atoms with Gasteiger partial charge in [-0.25, -0.2) is 9.97 Å². The van der Waals surface area contributed by atoms with Crippen LogP contribution in [0.3, 0.4) is 0 Å². The Balaban J connectivity index is 2.66. The van der Waals surface area contributed by atoms with Crippen molar-refractivity contribution in [1.29, 1.82) is 0 Å². The molecule has 1 N–H and O–H groups in total. The first-order valence-corrected chi connectivity index (χ1v) is 7.03. The highest BCUT2D eigenvalue weighted by Gasteiger charge is 2.15. The molecule has 0 saturated heterocycles. The van der Waals surface area contributed by atoms with Gasteiger partial charge in [-0.3, -0.25) is 0 Å². The molecule has 2 aromatic rings. The minimum atomic E-state index is 0.330. The number of nitrogens with zero attached hydrogens (tertiary/aromatic N) is 2. The van der Waals surface area contributed by atoms with Crippen LogP contribution in [0.25, 0.3) is 10.6 Å². The monoisotopic (exact) mass is 261 g/mol. The molecule has 0 unspecified atom stereocenters. The summed E-state index contributed by atoms with van der Waals surface area (Å²) < 4.78 is 0. The van der Waals surface area contributed by atoms with Gasteiger partial charge in [0, 0.05) is 18.5 Å². The lowest BCUT2D eigenvalue weighted by Crippen LogP contribution is -2.06. The highest BCUT2D eigenvalue weighted by atomic mass is 32.1. The first-order chi connectivity index (χ1) is 8.54. The van der Waals surface area contributed by atoms with Gasteiger partial charge in [0.15, 0.2) is 0 Å². The number of aryl methyl sites for hydroxylation is 1. The highest BCUT2D eigenvalue weighted by Crippen LogP contribution is 2.33. The molecular formula is C14H19N3S. The van der Waals surface area contributed by atoms with Crippen LogP contribution in [-0.4, -0.2) is 17.0 Å². The third kappa shape index (κ3) is 2.25. The summed E-state index contributed by atoms with van der Waals surface area (Å²) in [5.74, 6) is 2.15. The van der Waals surface area contributed by atoms with E-state index in [1.54, 1.807) is 11.3 Å². The summed E-state index contributed by atoms with van der Waals surface area (Å²) >= 11 is 1.74. The van der Waals surface area contributed by atoms with Gasteiger partial charge in [-0.15, -0.1) is 11.3 Å².